The molecule has 0 aliphatic carbocycles. The number of halogens is 1. The molecule has 0 aliphatic heterocycles. The number of aliphatic carboxylic acids is 1. The number of carbonyl (C=O) groups excluding carboxylic acids is 1. The Labute approximate surface area is 121 Å². The van der Waals surface area contributed by atoms with Gasteiger partial charge in [0.15, 0.2) is 0 Å². The van der Waals surface area contributed by atoms with Gasteiger partial charge in [0.2, 0.25) is 5.91 Å². The van der Waals surface area contributed by atoms with Gasteiger partial charge in [0.05, 0.1) is 12.0 Å². The van der Waals surface area contributed by atoms with Gasteiger partial charge in [-0.1, -0.05) is 48.0 Å². The van der Waals surface area contributed by atoms with E-state index in [1.54, 1.807) is 6.92 Å². The van der Waals surface area contributed by atoms with Gasteiger partial charge in [-0.05, 0) is 18.6 Å². The SMILES string of the molecule is CC(C(=O)O)C(C)C(=O)N[C@H](C)c1ccccc1Br. The maximum absolute atomic E-state index is 12.0. The Morgan fingerprint density at radius 3 is 2.26 bits per heavy atom. The van der Waals surface area contributed by atoms with Gasteiger partial charge in [0.25, 0.3) is 0 Å². The summed E-state index contributed by atoms with van der Waals surface area (Å²) >= 11 is 3.43. The van der Waals surface area contributed by atoms with Crippen molar-refractivity contribution in [2.24, 2.45) is 11.8 Å². The van der Waals surface area contributed by atoms with Crippen molar-refractivity contribution < 1.29 is 14.7 Å². The van der Waals surface area contributed by atoms with Gasteiger partial charge >= 0.3 is 5.97 Å². The minimum absolute atomic E-state index is 0.175. The Kier molecular flexibility index (Phi) is 5.54. The highest BCUT2D eigenvalue weighted by Gasteiger charge is 2.26. The third-order valence-electron chi connectivity index (χ3n) is 3.28. The fourth-order valence-electron chi connectivity index (χ4n) is 1.69. The van der Waals surface area contributed by atoms with Crippen molar-refractivity contribution in [3.63, 3.8) is 0 Å². The molecule has 1 aromatic rings. The maximum Gasteiger partial charge on any atom is 0.307 e. The number of amides is 1. The summed E-state index contributed by atoms with van der Waals surface area (Å²) < 4.78 is 0.918. The number of carbonyl (C=O) groups is 2. The Balaban J connectivity index is 2.72. The van der Waals surface area contributed by atoms with Crippen LogP contribution in [0.4, 0.5) is 0 Å². The van der Waals surface area contributed by atoms with Gasteiger partial charge in [-0.25, -0.2) is 0 Å². The molecule has 1 rings (SSSR count). The lowest BCUT2D eigenvalue weighted by Crippen LogP contribution is -2.36. The highest BCUT2D eigenvalue weighted by atomic mass is 79.9. The lowest BCUT2D eigenvalue weighted by atomic mass is 9.94. The van der Waals surface area contributed by atoms with E-state index < -0.39 is 17.8 Å². The first-order valence-electron chi connectivity index (χ1n) is 6.12. The van der Waals surface area contributed by atoms with Crippen molar-refractivity contribution >= 4 is 27.8 Å². The summed E-state index contributed by atoms with van der Waals surface area (Å²) in [4.78, 5) is 22.9. The number of rotatable bonds is 5. The molecule has 104 valence electrons. The predicted molar refractivity (Wildman–Crippen MR) is 76.7 cm³/mol. The molecule has 0 spiro atoms. The summed E-state index contributed by atoms with van der Waals surface area (Å²) in [5, 5.41) is 11.7. The Bertz CT molecular complexity index is 476. The second-order valence-electron chi connectivity index (χ2n) is 4.67. The van der Waals surface area contributed by atoms with Gasteiger partial charge in [0.1, 0.15) is 0 Å². The summed E-state index contributed by atoms with van der Waals surface area (Å²) in [6, 6.07) is 7.44. The molecule has 19 heavy (non-hydrogen) atoms. The zero-order chi connectivity index (χ0) is 14.6. The molecule has 4 nitrogen and oxygen atoms in total. The molecule has 0 saturated heterocycles. The maximum atomic E-state index is 12.0. The fraction of sp³-hybridized carbons (Fsp3) is 0.429. The van der Waals surface area contributed by atoms with Crippen molar-refractivity contribution in [1.29, 1.82) is 0 Å². The molecule has 2 N–H and O–H groups in total. The van der Waals surface area contributed by atoms with Crippen LogP contribution < -0.4 is 5.32 Å². The van der Waals surface area contributed by atoms with Crippen LogP contribution in [0.25, 0.3) is 0 Å². The average molecular weight is 328 g/mol. The molecule has 1 amide bonds. The molecule has 1 aromatic carbocycles. The van der Waals surface area contributed by atoms with E-state index in [1.165, 1.54) is 6.92 Å². The van der Waals surface area contributed by atoms with Gasteiger partial charge < -0.3 is 10.4 Å². The number of carboxylic acid groups (broad SMARTS) is 1. The largest absolute Gasteiger partial charge is 0.481 e. The smallest absolute Gasteiger partial charge is 0.307 e. The van der Waals surface area contributed by atoms with Crippen LogP contribution in [-0.4, -0.2) is 17.0 Å². The minimum Gasteiger partial charge on any atom is -0.481 e. The minimum atomic E-state index is -0.962. The third-order valence-corrected chi connectivity index (χ3v) is 4.01. The molecular weight excluding hydrogens is 310 g/mol. The number of carboxylic acids is 1. The lowest BCUT2D eigenvalue weighted by molar-refractivity contribution is -0.146. The van der Waals surface area contributed by atoms with E-state index >= 15 is 0 Å². The average Bonchev–Trinajstić information content (AvgIpc) is 2.37. The van der Waals surface area contributed by atoms with Crippen LogP contribution in [0.1, 0.15) is 32.4 Å². The van der Waals surface area contributed by atoms with Crippen LogP contribution in [0.5, 0.6) is 0 Å². The molecule has 0 saturated carbocycles. The zero-order valence-corrected chi connectivity index (χ0v) is 12.8. The molecule has 3 atom stereocenters. The second-order valence-corrected chi connectivity index (χ2v) is 5.52. The fourth-order valence-corrected chi connectivity index (χ4v) is 2.32. The van der Waals surface area contributed by atoms with E-state index in [4.69, 9.17) is 5.11 Å². The third kappa shape index (κ3) is 4.06. The van der Waals surface area contributed by atoms with Crippen LogP contribution in [0, 0.1) is 11.8 Å². The summed E-state index contributed by atoms with van der Waals surface area (Å²) in [5.74, 6) is -2.48. The number of nitrogens with one attached hydrogen (secondary N) is 1. The quantitative estimate of drug-likeness (QED) is 0.873. The highest BCUT2D eigenvalue weighted by molar-refractivity contribution is 9.10. The number of hydrogen-bond donors (Lipinski definition) is 2. The first-order valence-corrected chi connectivity index (χ1v) is 6.91. The normalized spacial score (nSPS) is 15.4. The van der Waals surface area contributed by atoms with Crippen molar-refractivity contribution in [3.05, 3.63) is 34.3 Å². The molecule has 0 aliphatic rings. The number of hydrogen-bond acceptors (Lipinski definition) is 2. The van der Waals surface area contributed by atoms with E-state index in [0.29, 0.717) is 0 Å². The van der Waals surface area contributed by atoms with Crippen LogP contribution in [-0.2, 0) is 9.59 Å². The molecule has 2 unspecified atom stereocenters. The van der Waals surface area contributed by atoms with Crippen LogP contribution in [0.2, 0.25) is 0 Å². The van der Waals surface area contributed by atoms with E-state index in [-0.39, 0.29) is 11.9 Å². The highest BCUT2D eigenvalue weighted by Crippen LogP contribution is 2.23. The molecule has 0 aromatic heterocycles. The van der Waals surface area contributed by atoms with E-state index in [1.807, 2.05) is 31.2 Å². The summed E-state index contributed by atoms with van der Waals surface area (Å²) in [6.07, 6.45) is 0. The number of benzene rings is 1. The first kappa shape index (κ1) is 15.7. The zero-order valence-electron chi connectivity index (χ0n) is 11.2. The van der Waals surface area contributed by atoms with Crippen molar-refractivity contribution in [2.45, 2.75) is 26.8 Å². The predicted octanol–water partition coefficient (Wildman–Crippen LogP) is 2.98. The molecular formula is C14H18BrNO3. The van der Waals surface area contributed by atoms with Gasteiger partial charge in [-0.15, -0.1) is 0 Å². The molecule has 0 heterocycles. The van der Waals surface area contributed by atoms with Crippen molar-refractivity contribution in [2.75, 3.05) is 0 Å². The Hall–Kier alpha value is -1.36. The second kappa shape index (κ2) is 6.70. The monoisotopic (exact) mass is 327 g/mol. The first-order chi connectivity index (χ1) is 8.84. The molecule has 5 heteroatoms. The van der Waals surface area contributed by atoms with Gasteiger partial charge in [0, 0.05) is 10.4 Å². The Morgan fingerprint density at radius 2 is 1.74 bits per heavy atom. The van der Waals surface area contributed by atoms with Crippen LogP contribution in [0.15, 0.2) is 28.7 Å². The van der Waals surface area contributed by atoms with Crippen LogP contribution >= 0.6 is 15.9 Å². The lowest BCUT2D eigenvalue weighted by Gasteiger charge is -2.20. The van der Waals surface area contributed by atoms with Crippen molar-refractivity contribution in [1.82, 2.24) is 5.32 Å². The summed E-state index contributed by atoms with van der Waals surface area (Å²) in [5.41, 5.74) is 0.964. The standard InChI is InChI=1S/C14H18BrNO3/c1-8(9(2)14(18)19)13(17)16-10(3)11-6-4-5-7-12(11)15/h4-10H,1-3H3,(H,16,17)(H,18,19)/t8?,9?,10-/m1/s1. The van der Waals surface area contributed by atoms with Gasteiger partial charge in [-0.3, -0.25) is 9.59 Å². The Morgan fingerprint density at radius 1 is 1.16 bits per heavy atom. The molecule has 0 radical (unpaired) electrons. The molecule has 0 fully saturated rings. The summed E-state index contributed by atoms with van der Waals surface area (Å²) in [7, 11) is 0. The van der Waals surface area contributed by atoms with Crippen LogP contribution in [0.3, 0.4) is 0 Å². The summed E-state index contributed by atoms with van der Waals surface area (Å²) in [6.45, 7) is 5.03. The molecule has 0 bridgehead atoms. The van der Waals surface area contributed by atoms with E-state index in [9.17, 15) is 9.59 Å². The topological polar surface area (TPSA) is 66.4 Å². The van der Waals surface area contributed by atoms with E-state index in [0.717, 1.165) is 10.0 Å². The van der Waals surface area contributed by atoms with E-state index in [2.05, 4.69) is 21.2 Å². The van der Waals surface area contributed by atoms with Gasteiger partial charge in [-0.2, -0.15) is 0 Å². The van der Waals surface area contributed by atoms with Crippen molar-refractivity contribution in [3.8, 4) is 0 Å².